The minimum Gasteiger partial charge on any atom is -0.378 e. The Hall–Kier alpha value is -1.49. The van der Waals surface area contributed by atoms with Gasteiger partial charge in [0.05, 0.1) is 6.04 Å². The van der Waals surface area contributed by atoms with E-state index in [1.165, 1.54) is 0 Å². The third kappa shape index (κ3) is 2.23. The summed E-state index contributed by atoms with van der Waals surface area (Å²) in [6.45, 7) is 0. The van der Waals surface area contributed by atoms with Crippen LogP contribution in [0.5, 0.6) is 0 Å². The maximum atomic E-state index is 13.2. The Morgan fingerprint density at radius 2 is 1.74 bits per heavy atom. The molecule has 3 rings (SSSR count). The van der Waals surface area contributed by atoms with Crippen LogP contribution >= 0.6 is 15.9 Å². The van der Waals surface area contributed by atoms with Crippen molar-refractivity contribution < 1.29 is 13.2 Å². The monoisotopic (exact) mass is 327 g/mol. The number of anilines is 1. The molecule has 2 aromatic carbocycles. The molecule has 0 aliphatic carbocycles. The Labute approximate surface area is 116 Å². The normalized spacial score (nSPS) is 17.2. The van der Waals surface area contributed by atoms with E-state index in [-0.39, 0.29) is 6.04 Å². The molecule has 98 valence electrons. The molecule has 0 saturated heterocycles. The van der Waals surface area contributed by atoms with Gasteiger partial charge in [-0.15, -0.1) is 0 Å². The van der Waals surface area contributed by atoms with Crippen LogP contribution in [0.3, 0.4) is 0 Å². The largest absolute Gasteiger partial charge is 0.378 e. The van der Waals surface area contributed by atoms with Crippen LogP contribution in [0, 0.1) is 17.5 Å². The van der Waals surface area contributed by atoms with Crippen molar-refractivity contribution in [2.24, 2.45) is 0 Å². The maximum absolute atomic E-state index is 13.2. The summed E-state index contributed by atoms with van der Waals surface area (Å²) in [6, 6.07) is 7.60. The summed E-state index contributed by atoms with van der Waals surface area (Å²) >= 11 is 3.36. The highest BCUT2D eigenvalue weighted by Crippen LogP contribution is 2.36. The average Bonchev–Trinajstić information content (AvgIpc) is 2.78. The van der Waals surface area contributed by atoms with Crippen LogP contribution in [0.25, 0.3) is 0 Å². The van der Waals surface area contributed by atoms with Crippen LogP contribution in [0.15, 0.2) is 34.8 Å². The Bertz CT molecular complexity index is 634. The van der Waals surface area contributed by atoms with E-state index in [2.05, 4.69) is 21.2 Å². The third-order valence-electron chi connectivity index (χ3n) is 3.23. The number of benzene rings is 2. The van der Waals surface area contributed by atoms with Crippen molar-refractivity contribution in [2.45, 2.75) is 12.5 Å². The second kappa shape index (κ2) is 4.56. The SMILES string of the molecule is Fc1cc(C2Cc3ccc(Br)cc3N2)cc(F)c1F. The lowest BCUT2D eigenvalue weighted by Crippen LogP contribution is -2.07. The van der Waals surface area contributed by atoms with Crippen molar-refractivity contribution in [2.75, 3.05) is 5.32 Å². The van der Waals surface area contributed by atoms with Gasteiger partial charge in [0.2, 0.25) is 0 Å². The maximum Gasteiger partial charge on any atom is 0.194 e. The van der Waals surface area contributed by atoms with Crippen molar-refractivity contribution in [3.05, 3.63) is 63.4 Å². The van der Waals surface area contributed by atoms with Gasteiger partial charge >= 0.3 is 0 Å². The molecule has 19 heavy (non-hydrogen) atoms. The van der Waals surface area contributed by atoms with Crippen LogP contribution in [0.4, 0.5) is 18.9 Å². The molecule has 1 N–H and O–H groups in total. The first-order valence-corrected chi connectivity index (χ1v) is 6.53. The Morgan fingerprint density at radius 3 is 2.42 bits per heavy atom. The lowest BCUT2D eigenvalue weighted by Gasteiger charge is -2.12. The van der Waals surface area contributed by atoms with Crippen LogP contribution in [0.1, 0.15) is 17.2 Å². The second-order valence-electron chi connectivity index (χ2n) is 4.50. The van der Waals surface area contributed by atoms with Gasteiger partial charge in [-0.05, 0) is 41.8 Å². The Kier molecular flexibility index (Phi) is 3.01. The summed E-state index contributed by atoms with van der Waals surface area (Å²) in [6.07, 6.45) is 0.618. The number of halogens is 4. The number of hydrogen-bond acceptors (Lipinski definition) is 1. The van der Waals surface area contributed by atoms with Gasteiger partial charge in [-0.1, -0.05) is 22.0 Å². The second-order valence-corrected chi connectivity index (χ2v) is 5.42. The molecule has 1 atom stereocenters. The van der Waals surface area contributed by atoms with E-state index in [1.807, 2.05) is 18.2 Å². The van der Waals surface area contributed by atoms with Gasteiger partial charge in [-0.25, -0.2) is 13.2 Å². The fourth-order valence-electron chi connectivity index (χ4n) is 2.30. The van der Waals surface area contributed by atoms with Gasteiger partial charge in [-0.3, -0.25) is 0 Å². The standard InChI is InChI=1S/C14H9BrF3N/c15-9-2-1-7-5-12(19-13(7)6-9)8-3-10(16)14(18)11(17)4-8/h1-4,6,12,19H,5H2. The lowest BCUT2D eigenvalue weighted by molar-refractivity contribution is 0.444. The van der Waals surface area contributed by atoms with E-state index >= 15 is 0 Å². The molecule has 1 heterocycles. The minimum atomic E-state index is -1.43. The Morgan fingerprint density at radius 1 is 1.05 bits per heavy atom. The quantitative estimate of drug-likeness (QED) is 0.756. The van der Waals surface area contributed by atoms with Crippen LogP contribution in [-0.4, -0.2) is 0 Å². The van der Waals surface area contributed by atoms with Crippen molar-refractivity contribution in [3.8, 4) is 0 Å². The van der Waals surface area contributed by atoms with Crippen molar-refractivity contribution in [3.63, 3.8) is 0 Å². The molecule has 0 saturated carbocycles. The highest BCUT2D eigenvalue weighted by Gasteiger charge is 2.24. The predicted octanol–water partition coefficient (Wildman–Crippen LogP) is 4.58. The molecule has 0 aromatic heterocycles. The molecule has 2 aromatic rings. The highest BCUT2D eigenvalue weighted by molar-refractivity contribution is 9.10. The number of rotatable bonds is 1. The molecular formula is C14H9BrF3N. The van der Waals surface area contributed by atoms with Crippen molar-refractivity contribution >= 4 is 21.6 Å². The summed E-state index contributed by atoms with van der Waals surface area (Å²) in [5.41, 5.74) is 2.39. The van der Waals surface area contributed by atoms with Crippen molar-refractivity contribution in [1.29, 1.82) is 0 Å². The van der Waals surface area contributed by atoms with E-state index in [9.17, 15) is 13.2 Å². The predicted molar refractivity (Wildman–Crippen MR) is 70.5 cm³/mol. The fourth-order valence-corrected chi connectivity index (χ4v) is 2.66. The summed E-state index contributed by atoms with van der Waals surface area (Å²) in [5.74, 6) is -3.75. The van der Waals surface area contributed by atoms with Gasteiger partial charge in [0, 0.05) is 10.2 Å². The number of hydrogen-bond donors (Lipinski definition) is 1. The van der Waals surface area contributed by atoms with Gasteiger partial charge in [0.25, 0.3) is 0 Å². The Balaban J connectivity index is 1.95. The molecular weight excluding hydrogens is 319 g/mol. The average molecular weight is 328 g/mol. The summed E-state index contributed by atoms with van der Waals surface area (Å²) in [5, 5.41) is 3.18. The third-order valence-corrected chi connectivity index (χ3v) is 3.73. The van der Waals surface area contributed by atoms with Crippen LogP contribution in [0.2, 0.25) is 0 Å². The first-order valence-electron chi connectivity index (χ1n) is 5.74. The molecule has 0 fully saturated rings. The fraction of sp³-hybridized carbons (Fsp3) is 0.143. The molecule has 5 heteroatoms. The summed E-state index contributed by atoms with van der Waals surface area (Å²) in [4.78, 5) is 0. The van der Waals surface area contributed by atoms with Crippen LogP contribution < -0.4 is 5.32 Å². The van der Waals surface area contributed by atoms with Gasteiger partial charge < -0.3 is 5.32 Å². The summed E-state index contributed by atoms with van der Waals surface area (Å²) < 4.78 is 40.3. The van der Waals surface area contributed by atoms with Crippen LogP contribution in [-0.2, 0) is 6.42 Å². The number of nitrogens with one attached hydrogen (secondary N) is 1. The van der Waals surface area contributed by atoms with E-state index in [1.54, 1.807) is 0 Å². The summed E-state index contributed by atoms with van der Waals surface area (Å²) in [7, 11) is 0. The molecule has 0 spiro atoms. The first kappa shape index (κ1) is 12.5. The van der Waals surface area contributed by atoms with E-state index in [4.69, 9.17) is 0 Å². The van der Waals surface area contributed by atoms with Gasteiger partial charge in [0.1, 0.15) is 0 Å². The number of fused-ring (bicyclic) bond motifs is 1. The van der Waals surface area contributed by atoms with E-state index in [0.29, 0.717) is 12.0 Å². The lowest BCUT2D eigenvalue weighted by atomic mass is 10.0. The molecule has 0 radical (unpaired) electrons. The van der Waals surface area contributed by atoms with E-state index < -0.39 is 17.5 Å². The molecule has 0 bridgehead atoms. The van der Waals surface area contributed by atoms with Gasteiger partial charge in [-0.2, -0.15) is 0 Å². The van der Waals surface area contributed by atoms with E-state index in [0.717, 1.165) is 27.9 Å². The molecule has 1 aliphatic rings. The molecule has 1 unspecified atom stereocenters. The molecule has 1 nitrogen and oxygen atoms in total. The highest BCUT2D eigenvalue weighted by atomic mass is 79.9. The molecule has 0 amide bonds. The zero-order valence-electron chi connectivity index (χ0n) is 9.68. The molecule has 1 aliphatic heterocycles. The first-order chi connectivity index (χ1) is 9.04. The minimum absolute atomic E-state index is 0.242. The van der Waals surface area contributed by atoms with Gasteiger partial charge in [0.15, 0.2) is 17.5 Å². The zero-order chi connectivity index (χ0) is 13.6. The topological polar surface area (TPSA) is 12.0 Å². The van der Waals surface area contributed by atoms with Crippen molar-refractivity contribution in [1.82, 2.24) is 0 Å². The smallest absolute Gasteiger partial charge is 0.194 e. The zero-order valence-corrected chi connectivity index (χ0v) is 11.3.